The fourth-order valence-corrected chi connectivity index (χ4v) is 2.91. The molecule has 0 bridgehead atoms. The van der Waals surface area contributed by atoms with E-state index in [0.29, 0.717) is 0 Å². The Bertz CT molecular complexity index is 704. The number of nitrogens with zero attached hydrogens (tertiary/aromatic N) is 3. The van der Waals surface area contributed by atoms with Crippen LogP contribution in [-0.2, 0) is 3.55 Å². The highest BCUT2D eigenvalue weighted by Crippen LogP contribution is 2.36. The highest BCUT2D eigenvalue weighted by Gasteiger charge is 2.33. The van der Waals surface area contributed by atoms with E-state index >= 15 is 0 Å². The van der Waals surface area contributed by atoms with Crippen molar-refractivity contribution in [1.29, 1.82) is 5.26 Å². The second-order valence-electron chi connectivity index (χ2n) is 4.39. The summed E-state index contributed by atoms with van der Waals surface area (Å²) < 4.78 is 3.29. The number of hydrogen-bond acceptors (Lipinski definition) is 2. The second kappa shape index (κ2) is 6.13. The summed E-state index contributed by atoms with van der Waals surface area (Å²) >= 11 is 4.01. The highest BCUT2D eigenvalue weighted by atomic mass is 127. The predicted molar refractivity (Wildman–Crippen MR) is 98.4 cm³/mol. The lowest BCUT2D eigenvalue weighted by Crippen LogP contribution is -2.43. The van der Waals surface area contributed by atoms with Gasteiger partial charge < -0.3 is 5.73 Å². The average Bonchev–Trinajstić information content (AvgIpc) is 2.46. The molecule has 0 heterocycles. The lowest BCUT2D eigenvalue weighted by molar-refractivity contribution is 0.431. The van der Waals surface area contributed by atoms with E-state index in [4.69, 9.17) is 5.73 Å². The molecule has 1 atom stereocenters. The third kappa shape index (κ3) is 2.83. The monoisotopic (exact) mass is 490 g/mol. The Balaban J connectivity index is 2.53. The molecule has 0 fully saturated rings. The van der Waals surface area contributed by atoms with Crippen LogP contribution in [0.1, 0.15) is 12.5 Å². The van der Waals surface area contributed by atoms with Crippen LogP contribution in [-0.4, -0.2) is 10.9 Å². The number of benzene rings is 2. The number of nitriles is 1. The van der Waals surface area contributed by atoms with Gasteiger partial charge in [-0.1, -0.05) is 36.4 Å². The Morgan fingerprint density at radius 2 is 1.95 bits per heavy atom. The third-order valence-electron chi connectivity index (χ3n) is 3.11. The van der Waals surface area contributed by atoms with Crippen molar-refractivity contribution in [2.45, 2.75) is 10.5 Å². The molecule has 0 spiro atoms. The van der Waals surface area contributed by atoms with E-state index < -0.39 is 3.55 Å². The smallest absolute Gasteiger partial charge is 0.216 e. The maximum absolute atomic E-state index is 9.34. The van der Waals surface area contributed by atoms with Crippen molar-refractivity contribution in [2.75, 3.05) is 0 Å². The van der Waals surface area contributed by atoms with Crippen LogP contribution in [0.3, 0.4) is 0 Å². The molecule has 0 radical (unpaired) electrons. The Morgan fingerprint density at radius 1 is 1.30 bits per heavy atom. The fraction of sp³-hybridized carbons (Fsp3) is 0.143. The van der Waals surface area contributed by atoms with E-state index in [1.54, 1.807) is 22.9 Å². The molecular weight excluding hydrogens is 478 g/mol. The second-order valence-corrected chi connectivity index (χ2v) is 6.98. The van der Waals surface area contributed by atoms with Gasteiger partial charge in [0, 0.05) is 0 Å². The summed E-state index contributed by atoms with van der Waals surface area (Å²) in [5, 5.41) is 11.6. The average molecular weight is 490 g/mol. The van der Waals surface area contributed by atoms with Gasteiger partial charge in [-0.2, -0.15) is 8.47 Å². The molecule has 0 aliphatic rings. The van der Waals surface area contributed by atoms with Crippen molar-refractivity contribution >= 4 is 62.2 Å². The predicted octanol–water partition coefficient (Wildman–Crippen LogP) is 3.90. The molecule has 20 heavy (non-hydrogen) atoms. The molecule has 0 aromatic heterocycles. The molecule has 102 valence electrons. The lowest BCUT2D eigenvalue weighted by Gasteiger charge is -2.31. The first-order chi connectivity index (χ1) is 9.50. The van der Waals surface area contributed by atoms with Gasteiger partial charge in [-0.3, -0.25) is 0 Å². The number of guanidine groups is 1. The molecule has 0 aliphatic carbocycles. The van der Waals surface area contributed by atoms with Crippen molar-refractivity contribution < 1.29 is 0 Å². The minimum atomic E-state index is -0.588. The van der Waals surface area contributed by atoms with E-state index in [1.165, 1.54) is 10.3 Å². The van der Waals surface area contributed by atoms with E-state index in [1.807, 2.05) is 25.1 Å². The molecule has 2 aromatic carbocycles. The molecule has 2 N–H and O–H groups in total. The van der Waals surface area contributed by atoms with Gasteiger partial charge in [0.1, 0.15) is 3.55 Å². The SMILES string of the molecule is CC(I)(c1ccc2ccccc2c1)N(C#N)C(N)=NI. The van der Waals surface area contributed by atoms with Gasteiger partial charge >= 0.3 is 0 Å². The minimum absolute atomic E-state index is 0.193. The van der Waals surface area contributed by atoms with Gasteiger partial charge in [0.15, 0.2) is 6.19 Å². The Labute approximate surface area is 145 Å². The van der Waals surface area contributed by atoms with Gasteiger partial charge in [-0.05, 0) is 51.9 Å². The van der Waals surface area contributed by atoms with E-state index in [-0.39, 0.29) is 5.96 Å². The molecule has 6 heteroatoms. The number of halogens is 2. The van der Waals surface area contributed by atoms with Gasteiger partial charge in [0.05, 0.1) is 22.9 Å². The summed E-state index contributed by atoms with van der Waals surface area (Å²) in [7, 11) is 0. The third-order valence-corrected chi connectivity index (χ3v) is 4.71. The maximum Gasteiger partial charge on any atom is 0.216 e. The van der Waals surface area contributed by atoms with Crippen LogP contribution in [0.2, 0.25) is 0 Å². The largest absolute Gasteiger partial charge is 0.368 e. The standard InChI is InChI=1S/C14H12I2N4/c1-14(15,20(9-17)13(18)19-16)12-7-6-10-4-2-3-5-11(10)8-12/h2-8H,1H3,(H2,18,19). The summed E-state index contributed by atoms with van der Waals surface area (Å²) in [5.74, 6) is 0.193. The zero-order chi connectivity index (χ0) is 14.8. The topological polar surface area (TPSA) is 65.4 Å². The van der Waals surface area contributed by atoms with Crippen molar-refractivity contribution in [1.82, 2.24) is 4.90 Å². The number of rotatable bonds is 2. The van der Waals surface area contributed by atoms with Gasteiger partial charge in [0.25, 0.3) is 0 Å². The molecular formula is C14H12I2N4. The van der Waals surface area contributed by atoms with E-state index in [9.17, 15) is 5.26 Å². The molecule has 0 saturated heterocycles. The summed E-state index contributed by atoms with van der Waals surface area (Å²) in [6.45, 7) is 1.94. The summed E-state index contributed by atoms with van der Waals surface area (Å²) in [5.41, 5.74) is 6.81. The van der Waals surface area contributed by atoms with E-state index in [2.05, 4.69) is 56.3 Å². The highest BCUT2D eigenvalue weighted by molar-refractivity contribution is 14.1. The Hall–Kier alpha value is -1.08. The molecule has 0 aliphatic heterocycles. The fourth-order valence-electron chi connectivity index (χ4n) is 2.00. The van der Waals surface area contributed by atoms with Crippen LogP contribution in [0, 0.1) is 11.5 Å². The van der Waals surface area contributed by atoms with Crippen LogP contribution in [0.25, 0.3) is 10.8 Å². The number of nitrogens with two attached hydrogens (primary N) is 1. The number of alkyl halides is 1. The van der Waals surface area contributed by atoms with Crippen molar-refractivity contribution in [3.05, 3.63) is 48.0 Å². The lowest BCUT2D eigenvalue weighted by atomic mass is 10.0. The van der Waals surface area contributed by atoms with Crippen LogP contribution in [0.15, 0.2) is 45.7 Å². The van der Waals surface area contributed by atoms with Crippen LogP contribution >= 0.6 is 45.5 Å². The molecule has 2 rings (SSSR count). The normalized spacial score (nSPS) is 14.6. The van der Waals surface area contributed by atoms with Crippen LogP contribution in [0.5, 0.6) is 0 Å². The van der Waals surface area contributed by atoms with Crippen LogP contribution in [0.4, 0.5) is 0 Å². The van der Waals surface area contributed by atoms with Gasteiger partial charge in [-0.25, -0.2) is 4.90 Å². The first-order valence-electron chi connectivity index (χ1n) is 5.83. The van der Waals surface area contributed by atoms with E-state index in [0.717, 1.165) is 10.9 Å². The summed E-state index contributed by atoms with van der Waals surface area (Å²) in [6.07, 6.45) is 2.10. The molecule has 2 aromatic rings. The van der Waals surface area contributed by atoms with Gasteiger partial charge in [-0.15, -0.1) is 0 Å². The Kier molecular flexibility index (Phi) is 4.70. The molecule has 1 unspecified atom stereocenters. The zero-order valence-electron chi connectivity index (χ0n) is 10.7. The number of hydrogen-bond donors (Lipinski definition) is 1. The van der Waals surface area contributed by atoms with Crippen molar-refractivity contribution in [2.24, 2.45) is 8.94 Å². The summed E-state index contributed by atoms with van der Waals surface area (Å²) in [4.78, 5) is 1.41. The minimum Gasteiger partial charge on any atom is -0.368 e. The zero-order valence-corrected chi connectivity index (χ0v) is 15.0. The van der Waals surface area contributed by atoms with Crippen molar-refractivity contribution in [3.63, 3.8) is 0 Å². The first kappa shape index (κ1) is 15.3. The van der Waals surface area contributed by atoms with Gasteiger partial charge in [0.2, 0.25) is 5.96 Å². The molecule has 0 amide bonds. The van der Waals surface area contributed by atoms with Crippen molar-refractivity contribution in [3.8, 4) is 6.19 Å². The molecule has 4 nitrogen and oxygen atoms in total. The quantitative estimate of drug-likeness (QED) is 0.132. The van der Waals surface area contributed by atoms with Crippen LogP contribution < -0.4 is 5.73 Å². The molecule has 0 saturated carbocycles. The maximum atomic E-state index is 9.34. The Morgan fingerprint density at radius 3 is 2.55 bits per heavy atom. The number of fused-ring (bicyclic) bond motifs is 1. The summed E-state index contributed by atoms with van der Waals surface area (Å²) in [6, 6.07) is 14.3. The first-order valence-corrected chi connectivity index (χ1v) is 7.87.